The van der Waals surface area contributed by atoms with E-state index in [0.717, 1.165) is 37.7 Å². The van der Waals surface area contributed by atoms with Crippen molar-refractivity contribution in [2.45, 2.75) is 12.2 Å². The highest BCUT2D eigenvalue weighted by atomic mass is 32.2. The molecule has 0 amide bonds. The maximum atomic E-state index is 12.3. The van der Waals surface area contributed by atoms with Gasteiger partial charge in [-0.2, -0.15) is 0 Å². The van der Waals surface area contributed by atoms with Gasteiger partial charge in [-0.3, -0.25) is 4.99 Å². The summed E-state index contributed by atoms with van der Waals surface area (Å²) in [5.41, 5.74) is 2.09. The van der Waals surface area contributed by atoms with Crippen molar-refractivity contribution in [3.05, 3.63) is 66.2 Å². The van der Waals surface area contributed by atoms with Crippen molar-refractivity contribution in [3.63, 3.8) is 0 Å². The molecule has 1 saturated heterocycles. The lowest BCUT2D eigenvalue weighted by atomic mass is 10.2. The zero-order valence-electron chi connectivity index (χ0n) is 17.0. The SMILES string of the molecule is CN=C(NCCCS(=O)(=O)Cc1ccccc1)N1CCN(c2ccccc2)CC1. The monoisotopic (exact) mass is 414 g/mol. The lowest BCUT2D eigenvalue weighted by Crippen LogP contribution is -2.52. The van der Waals surface area contributed by atoms with Crippen LogP contribution in [-0.2, 0) is 15.6 Å². The van der Waals surface area contributed by atoms with E-state index in [1.165, 1.54) is 5.69 Å². The Morgan fingerprint density at radius 3 is 2.21 bits per heavy atom. The molecule has 1 fully saturated rings. The number of nitrogens with zero attached hydrogens (tertiary/aromatic N) is 3. The Morgan fingerprint density at radius 2 is 1.59 bits per heavy atom. The van der Waals surface area contributed by atoms with Crippen molar-refractivity contribution in [1.82, 2.24) is 10.2 Å². The Balaban J connectivity index is 1.41. The van der Waals surface area contributed by atoms with E-state index in [-0.39, 0.29) is 11.5 Å². The number of para-hydroxylation sites is 1. The number of aliphatic imine (C=N–C) groups is 1. The number of nitrogens with one attached hydrogen (secondary N) is 1. The number of piperazine rings is 1. The van der Waals surface area contributed by atoms with Crippen molar-refractivity contribution in [1.29, 1.82) is 0 Å². The molecule has 2 aromatic rings. The van der Waals surface area contributed by atoms with Crippen LogP contribution in [-0.4, -0.2) is 64.8 Å². The molecule has 0 aromatic heterocycles. The molecule has 1 aliphatic rings. The van der Waals surface area contributed by atoms with Crippen molar-refractivity contribution in [2.75, 3.05) is 50.4 Å². The van der Waals surface area contributed by atoms with Crippen LogP contribution >= 0.6 is 0 Å². The second-order valence-corrected chi connectivity index (χ2v) is 9.40. The van der Waals surface area contributed by atoms with E-state index in [2.05, 4.69) is 44.4 Å². The molecule has 6 nitrogen and oxygen atoms in total. The first-order valence-electron chi connectivity index (χ1n) is 10.1. The quantitative estimate of drug-likeness (QED) is 0.428. The van der Waals surface area contributed by atoms with E-state index in [1.54, 1.807) is 7.05 Å². The summed E-state index contributed by atoms with van der Waals surface area (Å²) in [4.78, 5) is 8.98. The molecule has 0 unspecified atom stereocenters. The van der Waals surface area contributed by atoms with Crippen LogP contribution in [0.1, 0.15) is 12.0 Å². The number of benzene rings is 2. The van der Waals surface area contributed by atoms with E-state index >= 15 is 0 Å². The lowest BCUT2D eigenvalue weighted by Gasteiger charge is -2.37. The third-order valence-corrected chi connectivity index (χ3v) is 6.74. The summed E-state index contributed by atoms with van der Waals surface area (Å²) >= 11 is 0. The molecule has 1 aliphatic heterocycles. The minimum absolute atomic E-state index is 0.101. The molecule has 29 heavy (non-hydrogen) atoms. The average Bonchev–Trinajstić information content (AvgIpc) is 2.75. The van der Waals surface area contributed by atoms with Gasteiger partial charge in [-0.25, -0.2) is 8.42 Å². The molecule has 0 spiro atoms. The van der Waals surface area contributed by atoms with E-state index in [1.807, 2.05) is 36.4 Å². The van der Waals surface area contributed by atoms with Crippen molar-refractivity contribution >= 4 is 21.5 Å². The van der Waals surface area contributed by atoms with Crippen molar-refractivity contribution < 1.29 is 8.42 Å². The summed E-state index contributed by atoms with van der Waals surface area (Å²) in [6.45, 7) is 4.26. The van der Waals surface area contributed by atoms with Crippen molar-refractivity contribution in [2.24, 2.45) is 4.99 Å². The first-order chi connectivity index (χ1) is 14.1. The van der Waals surface area contributed by atoms with Gasteiger partial charge in [-0.15, -0.1) is 0 Å². The van der Waals surface area contributed by atoms with Crippen LogP contribution in [0.4, 0.5) is 5.69 Å². The van der Waals surface area contributed by atoms with Crippen LogP contribution in [0, 0.1) is 0 Å². The van der Waals surface area contributed by atoms with Gasteiger partial charge in [0.1, 0.15) is 0 Å². The fraction of sp³-hybridized carbons (Fsp3) is 0.409. The first kappa shape index (κ1) is 21.2. The van der Waals surface area contributed by atoms with Crippen LogP contribution < -0.4 is 10.2 Å². The zero-order valence-corrected chi connectivity index (χ0v) is 17.8. The highest BCUT2D eigenvalue weighted by molar-refractivity contribution is 7.90. The van der Waals surface area contributed by atoms with Gasteiger partial charge >= 0.3 is 0 Å². The predicted octanol–water partition coefficient (Wildman–Crippen LogP) is 2.39. The Bertz CT molecular complexity index is 878. The summed E-state index contributed by atoms with van der Waals surface area (Å²) in [5.74, 6) is 1.12. The molecule has 0 atom stereocenters. The summed E-state index contributed by atoms with van der Waals surface area (Å²) in [5, 5.41) is 3.32. The van der Waals surface area contributed by atoms with Crippen LogP contribution in [0.3, 0.4) is 0 Å². The largest absolute Gasteiger partial charge is 0.368 e. The molecule has 0 aliphatic carbocycles. The number of guanidine groups is 1. The lowest BCUT2D eigenvalue weighted by molar-refractivity contribution is 0.373. The molecular weight excluding hydrogens is 384 g/mol. The van der Waals surface area contributed by atoms with Crippen LogP contribution in [0.5, 0.6) is 0 Å². The Morgan fingerprint density at radius 1 is 0.966 bits per heavy atom. The van der Waals surface area contributed by atoms with E-state index in [0.29, 0.717) is 13.0 Å². The standard InChI is InChI=1S/C22H30N4O2S/c1-23-22(26-16-14-25(15-17-26)21-11-6-3-7-12-21)24-13-8-18-29(27,28)19-20-9-4-2-5-10-20/h2-7,9-12H,8,13-19H2,1H3,(H,23,24). The third kappa shape index (κ3) is 6.49. The molecule has 0 saturated carbocycles. The number of sulfone groups is 1. The van der Waals surface area contributed by atoms with Gasteiger partial charge in [0.05, 0.1) is 11.5 Å². The highest BCUT2D eigenvalue weighted by Gasteiger charge is 2.19. The maximum Gasteiger partial charge on any atom is 0.193 e. The molecular formula is C22H30N4O2S. The van der Waals surface area contributed by atoms with Crippen LogP contribution in [0.2, 0.25) is 0 Å². The van der Waals surface area contributed by atoms with E-state index in [4.69, 9.17) is 0 Å². The molecule has 3 rings (SSSR count). The maximum absolute atomic E-state index is 12.3. The topological polar surface area (TPSA) is 65.0 Å². The molecule has 2 aromatic carbocycles. The minimum atomic E-state index is -3.10. The van der Waals surface area contributed by atoms with Crippen molar-refractivity contribution in [3.8, 4) is 0 Å². The summed E-state index contributed by atoms with van der Waals surface area (Å²) in [6.07, 6.45) is 0.568. The zero-order chi connectivity index (χ0) is 20.5. The molecule has 156 valence electrons. The predicted molar refractivity (Wildman–Crippen MR) is 120 cm³/mol. The van der Waals surface area contributed by atoms with E-state index < -0.39 is 9.84 Å². The number of hydrogen-bond donors (Lipinski definition) is 1. The normalized spacial score (nSPS) is 15.4. The second-order valence-electron chi connectivity index (χ2n) is 7.21. The van der Waals surface area contributed by atoms with Gasteiger partial charge in [-0.1, -0.05) is 48.5 Å². The van der Waals surface area contributed by atoms with E-state index in [9.17, 15) is 8.42 Å². The fourth-order valence-corrected chi connectivity index (χ4v) is 4.97. The molecule has 0 bridgehead atoms. The fourth-order valence-electron chi connectivity index (χ4n) is 3.54. The molecule has 0 radical (unpaired) electrons. The number of rotatable bonds is 7. The van der Waals surface area contributed by atoms with Gasteiger partial charge < -0.3 is 15.1 Å². The van der Waals surface area contributed by atoms with Crippen LogP contribution in [0.15, 0.2) is 65.7 Å². The molecule has 1 N–H and O–H groups in total. The Labute approximate surface area is 174 Å². The average molecular weight is 415 g/mol. The van der Waals surface area contributed by atoms with Gasteiger partial charge in [-0.05, 0) is 24.1 Å². The Hall–Kier alpha value is -2.54. The number of hydrogen-bond acceptors (Lipinski definition) is 4. The third-order valence-electron chi connectivity index (χ3n) is 5.06. The molecule has 7 heteroatoms. The summed E-state index contributed by atoms with van der Waals surface area (Å²) in [6, 6.07) is 19.8. The summed E-state index contributed by atoms with van der Waals surface area (Å²) < 4.78 is 24.6. The van der Waals surface area contributed by atoms with Crippen LogP contribution in [0.25, 0.3) is 0 Å². The Kier molecular flexibility index (Phi) is 7.52. The highest BCUT2D eigenvalue weighted by Crippen LogP contribution is 2.15. The summed E-state index contributed by atoms with van der Waals surface area (Å²) in [7, 11) is -1.33. The second kappa shape index (κ2) is 10.3. The van der Waals surface area contributed by atoms with Gasteiger partial charge in [0.15, 0.2) is 15.8 Å². The first-order valence-corrected chi connectivity index (χ1v) is 11.9. The smallest absolute Gasteiger partial charge is 0.193 e. The molecule has 1 heterocycles. The van der Waals surface area contributed by atoms with Gasteiger partial charge in [0.25, 0.3) is 0 Å². The van der Waals surface area contributed by atoms with Gasteiger partial charge in [0.2, 0.25) is 0 Å². The number of anilines is 1. The van der Waals surface area contributed by atoms with Gasteiger partial charge in [0, 0.05) is 45.5 Å². The minimum Gasteiger partial charge on any atom is -0.368 e.